The zero-order valence-electron chi connectivity index (χ0n) is 10.8. The van der Waals surface area contributed by atoms with Gasteiger partial charge in [0.05, 0.1) is 5.92 Å². The maximum Gasteiger partial charge on any atom is 0.315 e. The molecule has 0 unspecified atom stereocenters. The molecule has 2 aliphatic rings. The first kappa shape index (κ1) is 13.2. The minimum Gasteiger partial charge on any atom is -0.481 e. The average Bonchev–Trinajstić information content (AvgIpc) is 3.13. The number of hydrogen-bond donors (Lipinski definition) is 3. The van der Waals surface area contributed by atoms with E-state index in [2.05, 4.69) is 10.6 Å². The molecule has 0 bridgehead atoms. The zero-order valence-corrected chi connectivity index (χ0v) is 10.8. The lowest BCUT2D eigenvalue weighted by Crippen LogP contribution is -2.47. The Kier molecular flexibility index (Phi) is 4.09. The predicted octanol–water partition coefficient (Wildman–Crippen LogP) is 1.73. The van der Waals surface area contributed by atoms with Crippen molar-refractivity contribution in [1.29, 1.82) is 0 Å². The molecule has 0 aromatic rings. The van der Waals surface area contributed by atoms with E-state index in [9.17, 15) is 9.59 Å². The van der Waals surface area contributed by atoms with Crippen LogP contribution in [0.5, 0.6) is 0 Å². The van der Waals surface area contributed by atoms with E-state index in [-0.39, 0.29) is 24.0 Å². The van der Waals surface area contributed by atoms with Gasteiger partial charge in [-0.25, -0.2) is 4.79 Å². The topological polar surface area (TPSA) is 78.4 Å². The van der Waals surface area contributed by atoms with Crippen molar-refractivity contribution in [2.24, 2.45) is 11.8 Å². The summed E-state index contributed by atoms with van der Waals surface area (Å²) < 4.78 is 0. The SMILES string of the molecule is C[C@H](NC(=O)NC1CCC(C(=O)O)CC1)C1CC1. The van der Waals surface area contributed by atoms with E-state index >= 15 is 0 Å². The number of hydrogen-bond acceptors (Lipinski definition) is 2. The highest BCUT2D eigenvalue weighted by Crippen LogP contribution is 2.32. The van der Waals surface area contributed by atoms with E-state index in [1.165, 1.54) is 12.8 Å². The Balaban J connectivity index is 1.67. The van der Waals surface area contributed by atoms with Gasteiger partial charge in [-0.3, -0.25) is 4.79 Å². The molecule has 2 aliphatic carbocycles. The van der Waals surface area contributed by atoms with E-state index < -0.39 is 5.97 Å². The fourth-order valence-electron chi connectivity index (χ4n) is 2.63. The van der Waals surface area contributed by atoms with Crippen molar-refractivity contribution in [2.75, 3.05) is 0 Å². The van der Waals surface area contributed by atoms with Crippen LogP contribution in [0.15, 0.2) is 0 Å². The van der Waals surface area contributed by atoms with E-state index in [0.717, 1.165) is 12.8 Å². The third-order valence-corrected chi connectivity index (χ3v) is 4.10. The predicted molar refractivity (Wildman–Crippen MR) is 67.2 cm³/mol. The van der Waals surface area contributed by atoms with Crippen LogP contribution in [0.1, 0.15) is 45.4 Å². The molecular formula is C13H22N2O3. The summed E-state index contributed by atoms with van der Waals surface area (Å²) in [6.45, 7) is 2.04. The van der Waals surface area contributed by atoms with Crippen molar-refractivity contribution in [3.8, 4) is 0 Å². The van der Waals surface area contributed by atoms with Gasteiger partial charge in [-0.15, -0.1) is 0 Å². The number of carbonyl (C=O) groups is 2. The van der Waals surface area contributed by atoms with Gasteiger partial charge in [0.15, 0.2) is 0 Å². The Morgan fingerprint density at radius 1 is 1.11 bits per heavy atom. The number of carboxylic acid groups (broad SMARTS) is 1. The van der Waals surface area contributed by atoms with Crippen molar-refractivity contribution in [3.05, 3.63) is 0 Å². The molecule has 0 aromatic heterocycles. The second-order valence-electron chi connectivity index (χ2n) is 5.63. The van der Waals surface area contributed by atoms with Gasteiger partial charge < -0.3 is 15.7 Å². The zero-order chi connectivity index (χ0) is 13.1. The van der Waals surface area contributed by atoms with Crippen molar-refractivity contribution < 1.29 is 14.7 Å². The number of amides is 2. The van der Waals surface area contributed by atoms with Gasteiger partial charge in [0.25, 0.3) is 0 Å². The number of aliphatic carboxylic acids is 1. The fraction of sp³-hybridized carbons (Fsp3) is 0.846. The van der Waals surface area contributed by atoms with E-state index in [0.29, 0.717) is 18.8 Å². The monoisotopic (exact) mass is 254 g/mol. The molecule has 2 fully saturated rings. The third kappa shape index (κ3) is 3.62. The first-order valence-electron chi connectivity index (χ1n) is 6.86. The second kappa shape index (κ2) is 5.59. The van der Waals surface area contributed by atoms with Crippen molar-refractivity contribution in [2.45, 2.75) is 57.5 Å². The minimum absolute atomic E-state index is 0.104. The first-order valence-corrected chi connectivity index (χ1v) is 6.86. The van der Waals surface area contributed by atoms with Crippen LogP contribution in [-0.2, 0) is 4.79 Å². The number of carbonyl (C=O) groups excluding carboxylic acids is 1. The van der Waals surface area contributed by atoms with Crippen LogP contribution in [0.4, 0.5) is 4.79 Å². The standard InChI is InChI=1S/C13H22N2O3/c1-8(9-2-3-9)14-13(18)15-11-6-4-10(5-7-11)12(16)17/h8-11H,2-7H2,1H3,(H,16,17)(H2,14,15,18)/t8-,10?,11?/m0/s1. The maximum absolute atomic E-state index is 11.7. The molecule has 2 saturated carbocycles. The Hall–Kier alpha value is -1.26. The molecular weight excluding hydrogens is 232 g/mol. The van der Waals surface area contributed by atoms with Gasteiger partial charge in [-0.05, 0) is 51.4 Å². The summed E-state index contributed by atoms with van der Waals surface area (Å²) in [7, 11) is 0. The molecule has 0 aliphatic heterocycles. The Morgan fingerprint density at radius 3 is 2.22 bits per heavy atom. The Labute approximate surface area is 107 Å². The Morgan fingerprint density at radius 2 is 1.72 bits per heavy atom. The lowest BCUT2D eigenvalue weighted by Gasteiger charge is -2.27. The van der Waals surface area contributed by atoms with E-state index in [1.54, 1.807) is 0 Å². The molecule has 18 heavy (non-hydrogen) atoms. The molecule has 2 rings (SSSR count). The Bertz CT molecular complexity index is 320. The van der Waals surface area contributed by atoms with E-state index in [4.69, 9.17) is 5.11 Å². The van der Waals surface area contributed by atoms with Crippen molar-refractivity contribution >= 4 is 12.0 Å². The van der Waals surface area contributed by atoms with Gasteiger partial charge in [0, 0.05) is 12.1 Å². The lowest BCUT2D eigenvalue weighted by atomic mass is 9.86. The maximum atomic E-state index is 11.7. The number of urea groups is 1. The summed E-state index contributed by atoms with van der Waals surface area (Å²) in [5.41, 5.74) is 0. The third-order valence-electron chi connectivity index (χ3n) is 4.10. The minimum atomic E-state index is -0.708. The van der Waals surface area contributed by atoms with E-state index in [1.807, 2.05) is 6.92 Å². The number of carboxylic acids is 1. The molecule has 1 atom stereocenters. The van der Waals surface area contributed by atoms with Gasteiger partial charge in [0.1, 0.15) is 0 Å². The second-order valence-corrected chi connectivity index (χ2v) is 5.63. The normalized spacial score (nSPS) is 29.4. The lowest BCUT2D eigenvalue weighted by molar-refractivity contribution is -0.142. The fourth-order valence-corrected chi connectivity index (χ4v) is 2.63. The van der Waals surface area contributed by atoms with Crippen LogP contribution < -0.4 is 10.6 Å². The molecule has 102 valence electrons. The molecule has 5 heteroatoms. The quantitative estimate of drug-likeness (QED) is 0.715. The molecule has 0 heterocycles. The first-order chi connectivity index (χ1) is 8.56. The van der Waals surface area contributed by atoms with Crippen LogP contribution >= 0.6 is 0 Å². The highest BCUT2D eigenvalue weighted by Gasteiger charge is 2.30. The summed E-state index contributed by atoms with van der Waals surface area (Å²) in [5.74, 6) is -0.282. The van der Waals surface area contributed by atoms with Crippen LogP contribution in [0, 0.1) is 11.8 Å². The number of nitrogens with one attached hydrogen (secondary N) is 2. The van der Waals surface area contributed by atoms with Gasteiger partial charge in [0.2, 0.25) is 0 Å². The molecule has 3 N–H and O–H groups in total. The van der Waals surface area contributed by atoms with Gasteiger partial charge in [-0.1, -0.05) is 0 Å². The summed E-state index contributed by atoms with van der Waals surface area (Å²) in [4.78, 5) is 22.5. The van der Waals surface area contributed by atoms with Crippen molar-refractivity contribution in [3.63, 3.8) is 0 Å². The largest absolute Gasteiger partial charge is 0.481 e. The van der Waals surface area contributed by atoms with Gasteiger partial charge >= 0.3 is 12.0 Å². The van der Waals surface area contributed by atoms with Crippen LogP contribution in [0.2, 0.25) is 0 Å². The highest BCUT2D eigenvalue weighted by molar-refractivity contribution is 5.74. The van der Waals surface area contributed by atoms with Crippen LogP contribution in [0.25, 0.3) is 0 Å². The summed E-state index contributed by atoms with van der Waals surface area (Å²) >= 11 is 0. The summed E-state index contributed by atoms with van der Waals surface area (Å²) in [5, 5.41) is 14.8. The molecule has 2 amide bonds. The average molecular weight is 254 g/mol. The van der Waals surface area contributed by atoms with Crippen LogP contribution in [-0.4, -0.2) is 29.2 Å². The smallest absolute Gasteiger partial charge is 0.315 e. The molecule has 0 saturated heterocycles. The highest BCUT2D eigenvalue weighted by atomic mass is 16.4. The van der Waals surface area contributed by atoms with Crippen LogP contribution in [0.3, 0.4) is 0 Å². The molecule has 0 spiro atoms. The summed E-state index contributed by atoms with van der Waals surface area (Å²) in [6.07, 6.45) is 5.29. The molecule has 5 nitrogen and oxygen atoms in total. The van der Waals surface area contributed by atoms with Crippen molar-refractivity contribution in [1.82, 2.24) is 10.6 Å². The van der Waals surface area contributed by atoms with Gasteiger partial charge in [-0.2, -0.15) is 0 Å². The summed E-state index contributed by atoms with van der Waals surface area (Å²) in [6, 6.07) is 0.278. The number of rotatable bonds is 4. The molecule has 0 radical (unpaired) electrons. The molecule has 0 aromatic carbocycles.